The Hall–Kier alpha value is -0.430. The summed E-state index contributed by atoms with van der Waals surface area (Å²) >= 11 is 1.29. The Morgan fingerprint density at radius 1 is 1.37 bits per heavy atom. The van der Waals surface area contributed by atoms with Gasteiger partial charge in [-0.2, -0.15) is 4.31 Å². The number of nitrogens with zero attached hydrogens (tertiary/aromatic N) is 1. The molecule has 0 fully saturated rings. The van der Waals surface area contributed by atoms with E-state index in [9.17, 15) is 8.42 Å². The molecule has 0 aliphatic carbocycles. The summed E-state index contributed by atoms with van der Waals surface area (Å²) in [6.45, 7) is 6.86. The minimum Gasteiger partial charge on any atom is -0.316 e. The first-order valence-corrected chi connectivity index (χ1v) is 8.81. The second-order valence-corrected chi connectivity index (χ2v) is 8.44. The normalized spacial score (nSPS) is 14.3. The molecule has 1 unspecified atom stereocenters. The van der Waals surface area contributed by atoms with Crippen molar-refractivity contribution in [2.24, 2.45) is 5.92 Å². The summed E-state index contributed by atoms with van der Waals surface area (Å²) in [5, 5.41) is 4.92. The van der Waals surface area contributed by atoms with Crippen molar-refractivity contribution in [3.05, 3.63) is 17.0 Å². The molecule has 0 saturated carbocycles. The van der Waals surface area contributed by atoms with E-state index in [0.29, 0.717) is 16.7 Å². The monoisotopic (exact) mass is 304 g/mol. The van der Waals surface area contributed by atoms with Crippen molar-refractivity contribution < 1.29 is 8.42 Å². The predicted molar refractivity (Wildman–Crippen MR) is 80.9 cm³/mol. The van der Waals surface area contributed by atoms with E-state index in [1.54, 1.807) is 13.1 Å². The molecule has 0 bridgehead atoms. The maximum absolute atomic E-state index is 12.5. The minimum atomic E-state index is -3.36. The van der Waals surface area contributed by atoms with E-state index in [0.717, 1.165) is 12.0 Å². The summed E-state index contributed by atoms with van der Waals surface area (Å²) in [6, 6.07) is 1.77. The molecule has 110 valence electrons. The molecule has 1 rings (SSSR count). The molecular weight excluding hydrogens is 280 g/mol. The van der Waals surface area contributed by atoms with Crippen LogP contribution in [-0.4, -0.2) is 32.9 Å². The molecule has 1 N–H and O–H groups in total. The van der Waals surface area contributed by atoms with E-state index < -0.39 is 10.0 Å². The van der Waals surface area contributed by atoms with Gasteiger partial charge in [-0.05, 0) is 43.3 Å². The van der Waals surface area contributed by atoms with Gasteiger partial charge in [0.2, 0.25) is 0 Å². The topological polar surface area (TPSA) is 49.4 Å². The predicted octanol–water partition coefficient (Wildman–Crippen LogP) is 2.52. The zero-order chi connectivity index (χ0) is 14.6. The second-order valence-electron chi connectivity index (χ2n) is 5.30. The van der Waals surface area contributed by atoms with Crippen LogP contribution < -0.4 is 5.32 Å². The van der Waals surface area contributed by atoms with Crippen LogP contribution in [0.1, 0.15) is 32.8 Å². The van der Waals surface area contributed by atoms with E-state index in [4.69, 9.17) is 0 Å². The molecule has 0 radical (unpaired) electrons. The van der Waals surface area contributed by atoms with E-state index in [1.165, 1.54) is 15.6 Å². The fraction of sp³-hybridized carbons (Fsp3) is 0.692. The highest BCUT2D eigenvalue weighted by atomic mass is 32.2. The zero-order valence-corrected chi connectivity index (χ0v) is 13.9. The zero-order valence-electron chi connectivity index (χ0n) is 12.3. The molecule has 1 aromatic heterocycles. The minimum absolute atomic E-state index is 0.0138. The molecular formula is C13H24N2O2S2. The largest absolute Gasteiger partial charge is 0.316 e. The molecule has 0 saturated heterocycles. The SMILES string of the molecule is CNCc1csc(S(=O)(=O)N(C)C(C)CC(C)C)c1. The first-order chi connectivity index (χ1) is 8.78. The maximum atomic E-state index is 12.5. The highest BCUT2D eigenvalue weighted by Crippen LogP contribution is 2.25. The molecule has 4 nitrogen and oxygen atoms in total. The van der Waals surface area contributed by atoms with Crippen LogP contribution in [0.5, 0.6) is 0 Å². The third kappa shape index (κ3) is 4.27. The van der Waals surface area contributed by atoms with Crippen LogP contribution in [0.15, 0.2) is 15.7 Å². The fourth-order valence-corrected chi connectivity index (χ4v) is 4.76. The van der Waals surface area contributed by atoms with Crippen LogP contribution in [0.25, 0.3) is 0 Å². The molecule has 0 spiro atoms. The van der Waals surface area contributed by atoms with Gasteiger partial charge in [0, 0.05) is 19.6 Å². The van der Waals surface area contributed by atoms with Gasteiger partial charge in [-0.3, -0.25) is 0 Å². The lowest BCUT2D eigenvalue weighted by atomic mass is 10.1. The van der Waals surface area contributed by atoms with Gasteiger partial charge in [-0.15, -0.1) is 11.3 Å². The third-order valence-electron chi connectivity index (χ3n) is 3.08. The molecule has 0 aliphatic rings. The van der Waals surface area contributed by atoms with Crippen molar-refractivity contribution >= 4 is 21.4 Å². The summed E-state index contributed by atoms with van der Waals surface area (Å²) < 4.78 is 26.9. The smallest absolute Gasteiger partial charge is 0.252 e. The van der Waals surface area contributed by atoms with Gasteiger partial charge < -0.3 is 5.32 Å². The molecule has 1 heterocycles. The quantitative estimate of drug-likeness (QED) is 0.842. The van der Waals surface area contributed by atoms with Crippen LogP contribution in [0, 0.1) is 5.92 Å². The lowest BCUT2D eigenvalue weighted by molar-refractivity contribution is 0.338. The maximum Gasteiger partial charge on any atom is 0.252 e. The van der Waals surface area contributed by atoms with Gasteiger partial charge in [-0.25, -0.2) is 8.42 Å². The number of thiophene rings is 1. The fourth-order valence-electron chi connectivity index (χ4n) is 1.99. The third-order valence-corrected chi connectivity index (χ3v) is 6.51. The van der Waals surface area contributed by atoms with Crippen molar-refractivity contribution in [1.82, 2.24) is 9.62 Å². The molecule has 0 aliphatic heterocycles. The lowest BCUT2D eigenvalue weighted by Gasteiger charge is -2.24. The van der Waals surface area contributed by atoms with Gasteiger partial charge in [0.1, 0.15) is 4.21 Å². The van der Waals surface area contributed by atoms with Gasteiger partial charge in [0.15, 0.2) is 0 Å². The number of sulfonamides is 1. The van der Waals surface area contributed by atoms with E-state index in [1.807, 2.05) is 19.4 Å². The molecule has 0 amide bonds. The number of hydrogen-bond acceptors (Lipinski definition) is 4. The first kappa shape index (κ1) is 16.6. The summed E-state index contributed by atoms with van der Waals surface area (Å²) in [5.74, 6) is 0.482. The van der Waals surface area contributed by atoms with Gasteiger partial charge in [-0.1, -0.05) is 13.8 Å². The Kier molecular flexibility index (Phi) is 5.98. The van der Waals surface area contributed by atoms with Crippen molar-refractivity contribution in [3.63, 3.8) is 0 Å². The van der Waals surface area contributed by atoms with E-state index in [2.05, 4.69) is 19.2 Å². The Labute approximate surface area is 120 Å². The van der Waals surface area contributed by atoms with Crippen LogP contribution in [0.3, 0.4) is 0 Å². The summed E-state index contributed by atoms with van der Waals surface area (Å²) in [6.07, 6.45) is 0.866. The number of hydrogen-bond donors (Lipinski definition) is 1. The van der Waals surface area contributed by atoms with Gasteiger partial charge in [0.25, 0.3) is 10.0 Å². The first-order valence-electron chi connectivity index (χ1n) is 6.49. The van der Waals surface area contributed by atoms with Crippen LogP contribution >= 0.6 is 11.3 Å². The second kappa shape index (κ2) is 6.83. The molecule has 19 heavy (non-hydrogen) atoms. The van der Waals surface area contributed by atoms with Crippen LogP contribution in [-0.2, 0) is 16.6 Å². The lowest BCUT2D eigenvalue weighted by Crippen LogP contribution is -2.35. The Morgan fingerprint density at radius 2 is 2.00 bits per heavy atom. The Bertz CT molecular complexity index is 494. The Balaban J connectivity index is 2.89. The van der Waals surface area contributed by atoms with E-state index >= 15 is 0 Å². The van der Waals surface area contributed by atoms with Crippen LogP contribution in [0.4, 0.5) is 0 Å². The average molecular weight is 304 g/mol. The van der Waals surface area contributed by atoms with Crippen molar-refractivity contribution in [1.29, 1.82) is 0 Å². The average Bonchev–Trinajstić information content (AvgIpc) is 2.76. The van der Waals surface area contributed by atoms with Crippen molar-refractivity contribution in [2.45, 2.75) is 44.0 Å². The highest BCUT2D eigenvalue weighted by molar-refractivity contribution is 7.91. The van der Waals surface area contributed by atoms with Crippen LogP contribution in [0.2, 0.25) is 0 Å². The highest BCUT2D eigenvalue weighted by Gasteiger charge is 2.27. The molecule has 1 atom stereocenters. The molecule has 1 aromatic rings. The molecule has 0 aromatic carbocycles. The Morgan fingerprint density at radius 3 is 2.53 bits per heavy atom. The van der Waals surface area contributed by atoms with Crippen molar-refractivity contribution in [2.75, 3.05) is 14.1 Å². The summed E-state index contributed by atoms with van der Waals surface area (Å²) in [4.78, 5) is 0. The van der Waals surface area contributed by atoms with Gasteiger partial charge in [0.05, 0.1) is 0 Å². The van der Waals surface area contributed by atoms with Crippen molar-refractivity contribution in [3.8, 4) is 0 Å². The number of nitrogens with one attached hydrogen (secondary N) is 1. The standard InChI is InChI=1S/C13H24N2O2S2/c1-10(2)6-11(3)15(5)19(16,17)13-7-12(8-14-4)9-18-13/h7,9-11,14H,6,8H2,1-5H3. The summed E-state index contributed by atoms with van der Waals surface area (Å²) in [5.41, 5.74) is 1.01. The van der Waals surface area contributed by atoms with E-state index in [-0.39, 0.29) is 6.04 Å². The summed E-state index contributed by atoms with van der Waals surface area (Å²) in [7, 11) is 0.159. The molecule has 6 heteroatoms. The van der Waals surface area contributed by atoms with Gasteiger partial charge >= 0.3 is 0 Å². The number of rotatable bonds is 7.